The summed E-state index contributed by atoms with van der Waals surface area (Å²) in [6.07, 6.45) is 37.6. The Labute approximate surface area is 344 Å². The molecule has 0 aliphatic carbocycles. The average Bonchev–Trinajstić information content (AvgIpc) is 3.17. The molecule has 0 aliphatic rings. The van der Waals surface area contributed by atoms with Crippen molar-refractivity contribution in [2.45, 2.75) is 246 Å². The predicted octanol–water partition coefficient (Wildman–Crippen LogP) is 12.7. The Balaban J connectivity index is 4.29. The van der Waals surface area contributed by atoms with E-state index in [2.05, 4.69) is 32.6 Å². The molecule has 0 spiro atoms. The Hall–Kier alpha value is -0.915. The summed E-state index contributed by atoms with van der Waals surface area (Å²) in [5.74, 6) is 1.37. The molecule has 0 amide bonds. The van der Waals surface area contributed by atoms with E-state index in [0.29, 0.717) is 31.1 Å². The van der Waals surface area contributed by atoms with Gasteiger partial charge in [0.25, 0.3) is 0 Å². The molecule has 7 heteroatoms. The third-order valence-corrected chi connectivity index (χ3v) is 11.6. The van der Waals surface area contributed by atoms with Gasteiger partial charge >= 0.3 is 202 Å². The van der Waals surface area contributed by atoms with Gasteiger partial charge in [-0.15, -0.1) is 0 Å². The molecular formula is C48H95BNO5. The Morgan fingerprint density at radius 2 is 0.945 bits per heavy atom. The molecule has 0 heterocycles. The van der Waals surface area contributed by atoms with E-state index in [0.717, 1.165) is 96.2 Å². The van der Waals surface area contributed by atoms with Crippen LogP contribution in [0.2, 0.25) is 0 Å². The number of hydrogen-bond acceptors (Lipinski definition) is 6. The molecule has 0 rings (SSSR count). The molecule has 2 N–H and O–H groups in total. The van der Waals surface area contributed by atoms with Gasteiger partial charge in [0.2, 0.25) is 0 Å². The van der Waals surface area contributed by atoms with E-state index in [4.69, 9.17) is 17.0 Å². The van der Waals surface area contributed by atoms with Crippen molar-refractivity contribution in [2.75, 3.05) is 39.5 Å². The molecule has 3 unspecified atom stereocenters. The van der Waals surface area contributed by atoms with Gasteiger partial charge in [0.05, 0.1) is 6.61 Å². The zero-order valence-corrected chi connectivity index (χ0v) is 37.5. The molecule has 0 aromatic heterocycles. The standard InChI is InChI=1S/C48H95BNO5/c1-5-9-13-16-22-32-45(30-20-11-7-3)37-42-55-48(53)35-25-24-33-46(52)43-50(39-27-19-28-40-51)38-26-18-15-17-23-34-47(49)54-41-36-44(29-12-8-4)31-21-14-10-6-2/h44-46,51-52H,5-43H2,1-4H3. The number of ether oxygens (including phenoxy) is 2. The first-order chi connectivity index (χ1) is 26.9. The number of carbonyl (C=O) groups excluding carboxylic acids is 1. The minimum atomic E-state index is -0.378. The molecule has 0 fully saturated rings. The van der Waals surface area contributed by atoms with E-state index in [1.54, 1.807) is 0 Å². The molecule has 0 bridgehead atoms. The summed E-state index contributed by atoms with van der Waals surface area (Å²) in [4.78, 5) is 14.9. The topological polar surface area (TPSA) is 79.2 Å². The average molecular weight is 777 g/mol. The van der Waals surface area contributed by atoms with Gasteiger partial charge in [-0.3, -0.25) is 4.79 Å². The molecule has 325 valence electrons. The molecule has 0 aliphatic heterocycles. The number of aliphatic hydroxyl groups excluding tert-OH is 2. The Bertz CT molecular complexity index is 813. The number of hydrogen-bond donors (Lipinski definition) is 2. The molecule has 0 saturated heterocycles. The second-order valence-electron chi connectivity index (χ2n) is 17.0. The summed E-state index contributed by atoms with van der Waals surface area (Å²) in [6.45, 7) is 13.3. The fourth-order valence-electron chi connectivity index (χ4n) is 7.90. The zero-order valence-electron chi connectivity index (χ0n) is 37.5. The van der Waals surface area contributed by atoms with Gasteiger partial charge in [-0.05, 0) is 25.2 Å². The van der Waals surface area contributed by atoms with Gasteiger partial charge in [-0.1, -0.05) is 84.5 Å². The van der Waals surface area contributed by atoms with Gasteiger partial charge in [-0.25, -0.2) is 0 Å². The summed E-state index contributed by atoms with van der Waals surface area (Å²) in [7, 11) is 6.25. The third-order valence-electron chi connectivity index (χ3n) is 11.6. The van der Waals surface area contributed by atoms with E-state index in [9.17, 15) is 15.0 Å². The molecule has 0 aromatic rings. The van der Waals surface area contributed by atoms with Crippen molar-refractivity contribution in [3.8, 4) is 0 Å². The van der Waals surface area contributed by atoms with E-state index in [-0.39, 0.29) is 18.7 Å². The number of carbonyl (C=O) groups is 1. The first kappa shape index (κ1) is 54.1. The fourth-order valence-corrected chi connectivity index (χ4v) is 7.90. The van der Waals surface area contributed by atoms with Crippen LogP contribution >= 0.6 is 0 Å². The normalized spacial score (nSPS) is 13.3. The number of rotatable bonds is 45. The van der Waals surface area contributed by atoms with Crippen LogP contribution in [0.1, 0.15) is 240 Å². The van der Waals surface area contributed by atoms with Crippen LogP contribution in [0, 0.1) is 11.8 Å². The molecule has 1 radical (unpaired) electrons. The van der Waals surface area contributed by atoms with Crippen molar-refractivity contribution in [1.29, 1.82) is 0 Å². The zero-order chi connectivity index (χ0) is 40.5. The molecule has 0 aromatic carbocycles. The van der Waals surface area contributed by atoms with E-state index < -0.39 is 0 Å². The minimum absolute atomic E-state index is 0.0807. The Morgan fingerprint density at radius 1 is 0.509 bits per heavy atom. The summed E-state index contributed by atoms with van der Waals surface area (Å²) in [6, 6.07) is 0. The van der Waals surface area contributed by atoms with E-state index in [1.807, 2.05) is 0 Å². The van der Waals surface area contributed by atoms with Crippen LogP contribution in [0.25, 0.3) is 0 Å². The number of aliphatic hydroxyl groups is 2. The Kier molecular flexibility index (Phi) is 42.0. The van der Waals surface area contributed by atoms with Gasteiger partial charge in [0, 0.05) is 13.0 Å². The molecule has 3 atom stereocenters. The van der Waals surface area contributed by atoms with Gasteiger partial charge in [0.15, 0.2) is 0 Å². The van der Waals surface area contributed by atoms with Crippen molar-refractivity contribution in [3.05, 3.63) is 0 Å². The first-order valence-corrected chi connectivity index (χ1v) is 24.3. The second kappa shape index (κ2) is 42.7. The molecule has 6 nitrogen and oxygen atoms in total. The van der Waals surface area contributed by atoms with Gasteiger partial charge < -0.3 is 9.84 Å². The monoisotopic (exact) mass is 777 g/mol. The van der Waals surface area contributed by atoms with Crippen molar-refractivity contribution in [1.82, 2.24) is 4.90 Å². The quantitative estimate of drug-likeness (QED) is 0.0364. The van der Waals surface area contributed by atoms with Crippen LogP contribution in [0.3, 0.4) is 0 Å². The van der Waals surface area contributed by atoms with Gasteiger partial charge in [-0.2, -0.15) is 0 Å². The first-order valence-electron chi connectivity index (χ1n) is 24.3. The van der Waals surface area contributed by atoms with Crippen LogP contribution in [0.15, 0.2) is 0 Å². The van der Waals surface area contributed by atoms with Crippen molar-refractivity contribution >= 4 is 19.1 Å². The van der Waals surface area contributed by atoms with Gasteiger partial charge in [0.1, 0.15) is 0 Å². The molecule has 0 saturated carbocycles. The van der Waals surface area contributed by atoms with Crippen LogP contribution < -0.4 is 0 Å². The number of esters is 1. The Morgan fingerprint density at radius 3 is 1.56 bits per heavy atom. The summed E-state index contributed by atoms with van der Waals surface area (Å²) in [5, 5.41) is 20.1. The maximum absolute atomic E-state index is 12.5. The number of nitrogens with zero attached hydrogens (tertiary/aromatic N) is 1. The van der Waals surface area contributed by atoms with Crippen molar-refractivity contribution in [3.63, 3.8) is 0 Å². The number of unbranched alkanes of at least 4 members (excludes halogenated alkanes) is 17. The second-order valence-corrected chi connectivity index (χ2v) is 17.0. The SMILES string of the molecule is [B]=C(CCCCCCCN(CCCCCO)CC(O)CCCCC(=O)OCCC(CCCCC)CCCCCCC)OCCC(CCCC)CCCCCC. The summed E-state index contributed by atoms with van der Waals surface area (Å²) >= 11 is 0. The van der Waals surface area contributed by atoms with E-state index in [1.165, 1.54) is 135 Å². The fraction of sp³-hybridized carbons (Fsp3) is 0.958. The maximum atomic E-state index is 12.5. The van der Waals surface area contributed by atoms with Crippen molar-refractivity contribution in [2.24, 2.45) is 11.8 Å². The predicted molar refractivity (Wildman–Crippen MR) is 239 cm³/mol. The molecular weight excluding hydrogens is 681 g/mol. The van der Waals surface area contributed by atoms with Crippen molar-refractivity contribution < 1.29 is 24.5 Å². The van der Waals surface area contributed by atoms with Crippen LogP contribution in [-0.2, 0) is 14.3 Å². The van der Waals surface area contributed by atoms with Crippen LogP contribution in [0.4, 0.5) is 0 Å². The van der Waals surface area contributed by atoms with Crippen LogP contribution in [0.5, 0.6) is 0 Å². The van der Waals surface area contributed by atoms with E-state index >= 15 is 0 Å². The third kappa shape index (κ3) is 38.4. The van der Waals surface area contributed by atoms with Crippen LogP contribution in [-0.4, -0.2) is 79.8 Å². The molecule has 55 heavy (non-hydrogen) atoms. The summed E-state index contributed by atoms with van der Waals surface area (Å²) < 4.78 is 11.6. The summed E-state index contributed by atoms with van der Waals surface area (Å²) in [5.41, 5.74) is 0.713.